The normalized spacial score (nSPS) is 9.84. The number of amides is 1. The fourth-order valence-corrected chi connectivity index (χ4v) is 2.13. The molecule has 0 aromatic heterocycles. The molecule has 1 aromatic rings. The molecule has 1 amide bonds. The monoisotopic (exact) mass is 282 g/mol. The van der Waals surface area contributed by atoms with Gasteiger partial charge in [-0.1, -0.05) is 32.9 Å². The summed E-state index contributed by atoms with van der Waals surface area (Å²) in [7, 11) is 0.0254. The van der Waals surface area contributed by atoms with Crippen LogP contribution in [0.4, 0.5) is 5.69 Å². The molecular weight excluding hydrogens is 259 g/mol. The number of primary amides is 1. The lowest BCUT2D eigenvalue weighted by Gasteiger charge is -2.21. The third kappa shape index (κ3) is 6.92. The lowest BCUT2D eigenvalue weighted by Crippen LogP contribution is -2.21. The predicted octanol–water partition coefficient (Wildman–Crippen LogP) is 2.74. The van der Waals surface area contributed by atoms with Crippen LogP contribution in [-0.2, 0) is 16.0 Å². The van der Waals surface area contributed by atoms with E-state index in [0.29, 0.717) is 6.54 Å². The molecular formula is C14H23N2O2P. The maximum Gasteiger partial charge on any atom is 0.219 e. The van der Waals surface area contributed by atoms with E-state index in [1.165, 1.54) is 5.56 Å². The van der Waals surface area contributed by atoms with E-state index in [9.17, 15) is 9.59 Å². The van der Waals surface area contributed by atoms with Gasteiger partial charge in [-0.25, -0.2) is 0 Å². The first-order valence-electron chi connectivity index (χ1n) is 6.52. The van der Waals surface area contributed by atoms with E-state index in [1.807, 2.05) is 42.8 Å². The number of hydrogen-bond acceptors (Lipinski definition) is 3. The number of nitrogens with two attached hydrogens (primary N) is 1. The Balaban J connectivity index is 0.00000154. The zero-order valence-electron chi connectivity index (χ0n) is 11.8. The number of anilines is 1. The molecule has 1 atom stereocenters. The molecule has 2 N–H and O–H groups in total. The maximum atomic E-state index is 10.8. The van der Waals surface area contributed by atoms with Crippen LogP contribution in [0.5, 0.6) is 0 Å². The van der Waals surface area contributed by atoms with E-state index in [0.717, 1.165) is 18.1 Å². The van der Waals surface area contributed by atoms with Gasteiger partial charge in [-0.15, -0.1) is 0 Å². The molecule has 1 unspecified atom stereocenters. The summed E-state index contributed by atoms with van der Waals surface area (Å²) in [6.07, 6.45) is 1.24. The van der Waals surface area contributed by atoms with Crippen molar-refractivity contribution in [2.24, 2.45) is 5.73 Å². The smallest absolute Gasteiger partial charge is 0.219 e. The highest BCUT2D eigenvalue weighted by Crippen LogP contribution is 2.25. The quantitative estimate of drug-likeness (QED) is 0.618. The van der Waals surface area contributed by atoms with Gasteiger partial charge in [0.2, 0.25) is 5.91 Å². The number of benzene rings is 1. The zero-order chi connectivity index (χ0) is 14.7. The van der Waals surface area contributed by atoms with E-state index < -0.39 is 0 Å². The molecule has 1 rings (SSSR count). The zero-order valence-corrected chi connectivity index (χ0v) is 12.8. The van der Waals surface area contributed by atoms with Crippen LogP contribution in [0.2, 0.25) is 0 Å². The van der Waals surface area contributed by atoms with Gasteiger partial charge in [0.1, 0.15) is 0 Å². The van der Waals surface area contributed by atoms with Gasteiger partial charge in [0.15, 0.2) is 6.03 Å². The summed E-state index contributed by atoms with van der Waals surface area (Å²) < 4.78 is 1.87. The molecule has 0 aliphatic carbocycles. The second kappa shape index (κ2) is 10.5. The van der Waals surface area contributed by atoms with Gasteiger partial charge in [0.05, 0.1) is 0 Å². The Bertz CT molecular complexity index is 380. The molecule has 0 fully saturated rings. The van der Waals surface area contributed by atoms with Gasteiger partial charge < -0.3 is 10.4 Å². The SMILES string of the molecule is CC.CCc1ccc(N(CCC(N)=O)PC=O)cc1. The van der Waals surface area contributed by atoms with Crippen molar-refractivity contribution in [2.45, 2.75) is 33.6 Å². The predicted molar refractivity (Wildman–Crippen MR) is 83.4 cm³/mol. The molecule has 0 spiro atoms. The number of carbonyl (C=O) groups excluding carboxylic acids is 2. The fourth-order valence-electron chi connectivity index (χ4n) is 1.47. The summed E-state index contributed by atoms with van der Waals surface area (Å²) >= 11 is 0. The summed E-state index contributed by atoms with van der Waals surface area (Å²) in [5.74, 6) is -0.351. The molecule has 4 nitrogen and oxygen atoms in total. The van der Waals surface area contributed by atoms with E-state index in [1.54, 1.807) is 0 Å². The van der Waals surface area contributed by atoms with Crippen molar-refractivity contribution >= 4 is 26.4 Å². The van der Waals surface area contributed by atoms with Gasteiger partial charge in [-0.2, -0.15) is 0 Å². The minimum atomic E-state index is -0.351. The highest BCUT2D eigenvalue weighted by atomic mass is 31.1. The Morgan fingerprint density at radius 1 is 1.32 bits per heavy atom. The first kappa shape index (κ1) is 17.6. The average Bonchev–Trinajstić information content (AvgIpc) is 2.45. The summed E-state index contributed by atoms with van der Waals surface area (Å²) in [4.78, 5) is 21.4. The van der Waals surface area contributed by atoms with Crippen LogP contribution in [0.25, 0.3) is 0 Å². The minimum absolute atomic E-state index is 0.0254. The lowest BCUT2D eigenvalue weighted by molar-refractivity contribution is -0.117. The van der Waals surface area contributed by atoms with Crippen molar-refractivity contribution in [3.05, 3.63) is 29.8 Å². The summed E-state index contributed by atoms with van der Waals surface area (Å²) in [5, 5.41) is 0. The third-order valence-electron chi connectivity index (χ3n) is 2.45. The second-order valence-corrected chi connectivity index (χ2v) is 4.67. The molecule has 0 aliphatic rings. The van der Waals surface area contributed by atoms with E-state index >= 15 is 0 Å². The first-order valence-corrected chi connectivity index (χ1v) is 7.54. The molecule has 1 aromatic carbocycles. The average molecular weight is 282 g/mol. The maximum absolute atomic E-state index is 10.8. The Labute approximate surface area is 117 Å². The number of rotatable bonds is 7. The number of carbonyl (C=O) groups is 2. The Morgan fingerprint density at radius 2 is 1.89 bits per heavy atom. The van der Waals surface area contributed by atoms with Crippen LogP contribution in [0.1, 0.15) is 32.8 Å². The molecule has 0 heterocycles. The van der Waals surface area contributed by atoms with E-state index in [2.05, 4.69) is 6.92 Å². The first-order chi connectivity index (χ1) is 9.17. The Morgan fingerprint density at radius 3 is 2.32 bits per heavy atom. The summed E-state index contributed by atoms with van der Waals surface area (Å²) in [5.41, 5.74) is 7.31. The van der Waals surface area contributed by atoms with Gasteiger partial charge in [-0.05, 0) is 24.1 Å². The van der Waals surface area contributed by atoms with E-state index in [4.69, 9.17) is 5.73 Å². The van der Waals surface area contributed by atoms with Crippen molar-refractivity contribution < 1.29 is 9.59 Å². The van der Waals surface area contributed by atoms with Crippen molar-refractivity contribution in [3.63, 3.8) is 0 Å². The number of hydrogen-bond donors (Lipinski definition) is 1. The largest absolute Gasteiger partial charge is 0.370 e. The van der Waals surface area contributed by atoms with Gasteiger partial charge >= 0.3 is 0 Å². The van der Waals surface area contributed by atoms with Crippen LogP contribution >= 0.6 is 8.73 Å². The van der Waals surface area contributed by atoms with Crippen LogP contribution in [0, 0.1) is 0 Å². The van der Waals surface area contributed by atoms with Crippen LogP contribution in [0.3, 0.4) is 0 Å². The molecule has 0 bridgehead atoms. The highest BCUT2D eigenvalue weighted by molar-refractivity contribution is 7.56. The molecule has 106 valence electrons. The fraction of sp³-hybridized carbons (Fsp3) is 0.429. The molecule has 0 aliphatic heterocycles. The lowest BCUT2D eigenvalue weighted by atomic mass is 10.1. The molecule has 0 radical (unpaired) electrons. The third-order valence-corrected chi connectivity index (χ3v) is 3.35. The van der Waals surface area contributed by atoms with Crippen molar-refractivity contribution in [1.29, 1.82) is 0 Å². The van der Waals surface area contributed by atoms with Crippen LogP contribution in [-0.4, -0.2) is 18.5 Å². The van der Waals surface area contributed by atoms with Crippen molar-refractivity contribution in [2.75, 3.05) is 11.2 Å². The standard InChI is InChI=1S/C12H17N2O2P.C2H6/c1-2-10-3-5-11(6-4-10)14(17-9-15)8-7-12(13)16;1-2/h3-6,9,17H,2,7-8H2,1H3,(H2,13,16);1-2H3. The highest BCUT2D eigenvalue weighted by Gasteiger charge is 2.07. The Hall–Kier alpha value is -1.41. The van der Waals surface area contributed by atoms with Crippen LogP contribution < -0.4 is 10.4 Å². The van der Waals surface area contributed by atoms with Gasteiger partial charge in [0, 0.05) is 27.4 Å². The Kier molecular flexibility index (Phi) is 9.73. The summed E-state index contributed by atoms with van der Waals surface area (Å²) in [6.45, 7) is 6.57. The molecule has 0 saturated heterocycles. The van der Waals surface area contributed by atoms with Crippen molar-refractivity contribution in [1.82, 2.24) is 0 Å². The minimum Gasteiger partial charge on any atom is -0.370 e. The van der Waals surface area contributed by atoms with Crippen LogP contribution in [0.15, 0.2) is 24.3 Å². The topological polar surface area (TPSA) is 63.4 Å². The number of aryl methyl sites for hydroxylation is 1. The molecule has 19 heavy (non-hydrogen) atoms. The number of nitrogens with zero attached hydrogens (tertiary/aromatic N) is 1. The van der Waals surface area contributed by atoms with Gasteiger partial charge in [0.25, 0.3) is 0 Å². The van der Waals surface area contributed by atoms with Crippen molar-refractivity contribution in [3.8, 4) is 0 Å². The molecule has 5 heteroatoms. The van der Waals surface area contributed by atoms with Gasteiger partial charge in [-0.3, -0.25) is 9.59 Å². The summed E-state index contributed by atoms with van der Waals surface area (Å²) in [6, 6.07) is 8.85. The second-order valence-electron chi connectivity index (χ2n) is 3.63. The van der Waals surface area contributed by atoms with E-state index in [-0.39, 0.29) is 21.1 Å². The molecule has 0 saturated carbocycles.